The van der Waals surface area contributed by atoms with Gasteiger partial charge in [-0.1, -0.05) is 32.6 Å². The number of unbranched alkanes of at least 4 members (excludes halogenated alkanes) is 3. The van der Waals surface area contributed by atoms with Crippen LogP contribution in [-0.4, -0.2) is 24.4 Å². The van der Waals surface area contributed by atoms with E-state index in [-0.39, 0.29) is 12.1 Å². The number of aliphatic hydroxyl groups excluding tert-OH is 1. The first-order chi connectivity index (χ1) is 9.13. The third kappa shape index (κ3) is 5.52. The van der Waals surface area contributed by atoms with Crippen molar-refractivity contribution in [2.24, 2.45) is 0 Å². The molecular formula is C16H27NO2. The van der Waals surface area contributed by atoms with Crippen molar-refractivity contribution < 1.29 is 9.84 Å². The van der Waals surface area contributed by atoms with E-state index in [0.29, 0.717) is 0 Å². The van der Waals surface area contributed by atoms with Crippen LogP contribution in [0.5, 0.6) is 5.75 Å². The molecule has 2 N–H and O–H groups in total. The van der Waals surface area contributed by atoms with Crippen molar-refractivity contribution in [3.05, 3.63) is 24.3 Å². The maximum Gasteiger partial charge on any atom is 0.119 e. The van der Waals surface area contributed by atoms with Gasteiger partial charge >= 0.3 is 0 Å². The SMILES string of the molecule is CCCCCCC(C)(CO)Nc1ccc(OC)cc1. The highest BCUT2D eigenvalue weighted by Gasteiger charge is 2.22. The van der Waals surface area contributed by atoms with Crippen molar-refractivity contribution in [2.75, 3.05) is 19.0 Å². The van der Waals surface area contributed by atoms with E-state index in [0.717, 1.165) is 24.3 Å². The summed E-state index contributed by atoms with van der Waals surface area (Å²) in [7, 11) is 1.66. The maximum absolute atomic E-state index is 9.62. The molecule has 1 rings (SSSR count). The molecule has 0 saturated carbocycles. The lowest BCUT2D eigenvalue weighted by atomic mass is 9.94. The lowest BCUT2D eigenvalue weighted by molar-refractivity contribution is 0.211. The zero-order valence-corrected chi connectivity index (χ0v) is 12.4. The third-order valence-corrected chi connectivity index (χ3v) is 3.47. The summed E-state index contributed by atoms with van der Waals surface area (Å²) < 4.78 is 5.14. The van der Waals surface area contributed by atoms with Crippen LogP contribution in [0.2, 0.25) is 0 Å². The van der Waals surface area contributed by atoms with Gasteiger partial charge in [-0.05, 0) is 37.6 Å². The molecule has 1 aromatic carbocycles. The number of hydrogen-bond donors (Lipinski definition) is 2. The predicted octanol–water partition coefficient (Wildman–Crippen LogP) is 3.83. The van der Waals surface area contributed by atoms with Gasteiger partial charge in [-0.2, -0.15) is 0 Å². The summed E-state index contributed by atoms with van der Waals surface area (Å²) in [5, 5.41) is 13.0. The smallest absolute Gasteiger partial charge is 0.119 e. The van der Waals surface area contributed by atoms with Crippen LogP contribution < -0.4 is 10.1 Å². The van der Waals surface area contributed by atoms with Gasteiger partial charge in [-0.3, -0.25) is 0 Å². The van der Waals surface area contributed by atoms with E-state index < -0.39 is 0 Å². The van der Waals surface area contributed by atoms with Gasteiger partial charge in [0.25, 0.3) is 0 Å². The molecule has 0 heterocycles. The molecule has 0 aliphatic heterocycles. The van der Waals surface area contributed by atoms with E-state index in [2.05, 4.69) is 19.2 Å². The fourth-order valence-electron chi connectivity index (χ4n) is 2.15. The largest absolute Gasteiger partial charge is 0.497 e. The van der Waals surface area contributed by atoms with Gasteiger partial charge in [0, 0.05) is 5.69 Å². The van der Waals surface area contributed by atoms with E-state index in [4.69, 9.17) is 4.74 Å². The minimum atomic E-state index is -0.248. The zero-order valence-electron chi connectivity index (χ0n) is 12.4. The summed E-state index contributed by atoms with van der Waals surface area (Å²) in [5.41, 5.74) is 0.773. The summed E-state index contributed by atoms with van der Waals surface area (Å²) in [6, 6.07) is 7.83. The van der Waals surface area contributed by atoms with Gasteiger partial charge in [-0.25, -0.2) is 0 Å². The van der Waals surface area contributed by atoms with Crippen LogP contribution in [0.1, 0.15) is 46.0 Å². The lowest BCUT2D eigenvalue weighted by Crippen LogP contribution is -2.38. The van der Waals surface area contributed by atoms with Gasteiger partial charge in [0.05, 0.1) is 19.3 Å². The van der Waals surface area contributed by atoms with Crippen LogP contribution in [0, 0.1) is 0 Å². The van der Waals surface area contributed by atoms with Crippen molar-refractivity contribution in [3.8, 4) is 5.75 Å². The van der Waals surface area contributed by atoms with Gasteiger partial charge < -0.3 is 15.2 Å². The fourth-order valence-corrected chi connectivity index (χ4v) is 2.15. The number of nitrogens with one attached hydrogen (secondary N) is 1. The minimum Gasteiger partial charge on any atom is -0.497 e. The molecule has 0 aliphatic rings. The Balaban J connectivity index is 2.52. The average Bonchev–Trinajstić information content (AvgIpc) is 2.44. The molecule has 1 atom stereocenters. The molecule has 3 heteroatoms. The number of hydrogen-bond acceptors (Lipinski definition) is 3. The molecule has 3 nitrogen and oxygen atoms in total. The van der Waals surface area contributed by atoms with Crippen molar-refractivity contribution in [2.45, 2.75) is 51.5 Å². The van der Waals surface area contributed by atoms with Crippen LogP contribution in [0.25, 0.3) is 0 Å². The maximum atomic E-state index is 9.62. The van der Waals surface area contributed by atoms with Crippen molar-refractivity contribution in [1.82, 2.24) is 0 Å². The number of aliphatic hydroxyl groups is 1. The van der Waals surface area contributed by atoms with Crippen LogP contribution in [0.3, 0.4) is 0 Å². The standard InChI is InChI=1S/C16H27NO2/c1-4-5-6-7-12-16(2,13-18)17-14-8-10-15(19-3)11-9-14/h8-11,17-18H,4-7,12-13H2,1-3H3. The highest BCUT2D eigenvalue weighted by atomic mass is 16.5. The highest BCUT2D eigenvalue weighted by molar-refractivity contribution is 5.48. The second-order valence-electron chi connectivity index (χ2n) is 5.38. The number of rotatable bonds is 9. The monoisotopic (exact) mass is 265 g/mol. The van der Waals surface area contributed by atoms with E-state index >= 15 is 0 Å². The molecule has 1 aromatic rings. The molecular weight excluding hydrogens is 238 g/mol. The summed E-state index contributed by atoms with van der Waals surface area (Å²) in [6.07, 6.45) is 5.87. The Bertz CT molecular complexity index is 350. The van der Waals surface area contributed by atoms with Crippen LogP contribution in [0.15, 0.2) is 24.3 Å². The topological polar surface area (TPSA) is 41.5 Å². The molecule has 0 amide bonds. The predicted molar refractivity (Wildman–Crippen MR) is 80.9 cm³/mol. The van der Waals surface area contributed by atoms with E-state index in [1.54, 1.807) is 7.11 Å². The Morgan fingerprint density at radius 3 is 2.37 bits per heavy atom. The van der Waals surface area contributed by atoms with Gasteiger partial charge in [0.2, 0.25) is 0 Å². The summed E-state index contributed by atoms with van der Waals surface area (Å²) in [4.78, 5) is 0. The molecule has 19 heavy (non-hydrogen) atoms. The molecule has 108 valence electrons. The second kappa shape index (κ2) is 8.05. The lowest BCUT2D eigenvalue weighted by Gasteiger charge is -2.30. The van der Waals surface area contributed by atoms with Crippen LogP contribution >= 0.6 is 0 Å². The summed E-state index contributed by atoms with van der Waals surface area (Å²) in [5.74, 6) is 0.846. The number of methoxy groups -OCH3 is 1. The highest BCUT2D eigenvalue weighted by Crippen LogP contribution is 2.23. The van der Waals surface area contributed by atoms with E-state index in [1.165, 1.54) is 19.3 Å². The third-order valence-electron chi connectivity index (χ3n) is 3.47. The average molecular weight is 265 g/mol. The Hall–Kier alpha value is -1.22. The fraction of sp³-hybridized carbons (Fsp3) is 0.625. The molecule has 1 unspecified atom stereocenters. The molecule has 0 fully saturated rings. The molecule has 0 saturated heterocycles. The molecule has 0 aromatic heterocycles. The summed E-state index contributed by atoms with van der Waals surface area (Å²) >= 11 is 0. The Labute approximate surface area is 117 Å². The first-order valence-electron chi connectivity index (χ1n) is 7.16. The van der Waals surface area contributed by atoms with Crippen LogP contribution in [0.4, 0.5) is 5.69 Å². The zero-order chi connectivity index (χ0) is 14.1. The molecule has 0 aliphatic carbocycles. The van der Waals surface area contributed by atoms with Crippen molar-refractivity contribution >= 4 is 5.69 Å². The minimum absolute atomic E-state index is 0.144. The van der Waals surface area contributed by atoms with Gasteiger partial charge in [0.1, 0.15) is 5.75 Å². The van der Waals surface area contributed by atoms with Gasteiger partial charge in [-0.15, -0.1) is 0 Å². The van der Waals surface area contributed by atoms with Crippen molar-refractivity contribution in [1.29, 1.82) is 0 Å². The normalized spacial score (nSPS) is 13.9. The summed E-state index contributed by atoms with van der Waals surface area (Å²) in [6.45, 7) is 4.43. The first kappa shape index (κ1) is 15.8. The molecule has 0 bridgehead atoms. The number of benzene rings is 1. The Morgan fingerprint density at radius 1 is 1.16 bits per heavy atom. The Kier molecular flexibility index (Phi) is 6.71. The Morgan fingerprint density at radius 2 is 1.84 bits per heavy atom. The number of ether oxygens (including phenoxy) is 1. The first-order valence-corrected chi connectivity index (χ1v) is 7.16. The van der Waals surface area contributed by atoms with Crippen LogP contribution in [-0.2, 0) is 0 Å². The van der Waals surface area contributed by atoms with Crippen molar-refractivity contribution in [3.63, 3.8) is 0 Å². The molecule has 0 spiro atoms. The van der Waals surface area contributed by atoms with Gasteiger partial charge in [0.15, 0.2) is 0 Å². The second-order valence-corrected chi connectivity index (χ2v) is 5.38. The molecule has 0 radical (unpaired) electrons. The van der Waals surface area contributed by atoms with E-state index in [9.17, 15) is 5.11 Å². The quantitative estimate of drug-likeness (QED) is 0.667. The number of anilines is 1. The van der Waals surface area contributed by atoms with E-state index in [1.807, 2.05) is 24.3 Å².